The molecule has 92 valence electrons. The van der Waals surface area contributed by atoms with Gasteiger partial charge in [-0.15, -0.1) is 0 Å². The fourth-order valence-corrected chi connectivity index (χ4v) is 1.34. The van der Waals surface area contributed by atoms with Gasteiger partial charge < -0.3 is 19.4 Å². The first-order valence-corrected chi connectivity index (χ1v) is 5.09. The van der Waals surface area contributed by atoms with Crippen molar-refractivity contribution in [3.8, 4) is 0 Å². The fraction of sp³-hybridized carbons (Fsp3) is 0.800. The molecule has 0 bridgehead atoms. The van der Waals surface area contributed by atoms with Crippen LogP contribution in [0.3, 0.4) is 0 Å². The van der Waals surface area contributed by atoms with Crippen molar-refractivity contribution in [1.29, 1.82) is 0 Å². The molecule has 0 aromatic rings. The molecule has 0 radical (unpaired) electrons. The quantitative estimate of drug-likeness (QED) is 0.599. The van der Waals surface area contributed by atoms with E-state index in [1.165, 1.54) is 0 Å². The molecule has 0 N–H and O–H groups in total. The number of carboxylic acid groups (broad SMARTS) is 1. The molecular weight excluding hydrogens is 214 g/mol. The lowest BCUT2D eigenvalue weighted by atomic mass is 10.2. The number of aliphatic carboxylic acids is 1. The highest BCUT2D eigenvalue weighted by Gasteiger charge is 2.31. The first-order valence-electron chi connectivity index (χ1n) is 5.09. The topological polar surface area (TPSA) is 78.9 Å². The summed E-state index contributed by atoms with van der Waals surface area (Å²) in [5, 5.41) is 10.8. The van der Waals surface area contributed by atoms with Crippen molar-refractivity contribution in [2.24, 2.45) is 0 Å². The van der Waals surface area contributed by atoms with Crippen molar-refractivity contribution in [3.63, 3.8) is 0 Å². The summed E-state index contributed by atoms with van der Waals surface area (Å²) in [6.07, 6.45) is -0.648. The van der Waals surface area contributed by atoms with Crippen LogP contribution >= 0.6 is 0 Å². The summed E-state index contributed by atoms with van der Waals surface area (Å²) < 4.78 is 10.1. The largest absolute Gasteiger partial charge is 0.548 e. The molecule has 6 nitrogen and oxygen atoms in total. The normalized spacial score (nSPS) is 21.7. The van der Waals surface area contributed by atoms with Crippen LogP contribution in [0, 0.1) is 0 Å². The molecule has 1 aliphatic rings. The molecule has 1 atom stereocenters. The number of morpholine rings is 1. The molecule has 1 fully saturated rings. The van der Waals surface area contributed by atoms with E-state index in [0.29, 0.717) is 6.61 Å². The maximum absolute atomic E-state index is 11.7. The molecule has 0 saturated carbocycles. The summed E-state index contributed by atoms with van der Waals surface area (Å²) in [7, 11) is 0. The SMILES string of the molecule is CC(C)(C)OC(=O)N1CCOCC1C(=O)[O-]. The van der Waals surface area contributed by atoms with E-state index in [1.807, 2.05) is 0 Å². The van der Waals surface area contributed by atoms with Gasteiger partial charge in [-0.2, -0.15) is 0 Å². The smallest absolute Gasteiger partial charge is 0.411 e. The lowest BCUT2D eigenvalue weighted by molar-refractivity contribution is -0.313. The summed E-state index contributed by atoms with van der Waals surface area (Å²) in [4.78, 5) is 23.6. The molecule has 0 spiro atoms. The zero-order valence-electron chi connectivity index (χ0n) is 9.69. The van der Waals surface area contributed by atoms with Gasteiger partial charge in [-0.1, -0.05) is 0 Å². The highest BCUT2D eigenvalue weighted by molar-refractivity contribution is 5.79. The molecule has 16 heavy (non-hydrogen) atoms. The van der Waals surface area contributed by atoms with Crippen molar-refractivity contribution >= 4 is 12.1 Å². The monoisotopic (exact) mass is 230 g/mol. The Bertz CT molecular complexity index is 283. The molecule has 1 amide bonds. The van der Waals surface area contributed by atoms with Gasteiger partial charge in [0.15, 0.2) is 0 Å². The third-order valence-electron chi connectivity index (χ3n) is 2.03. The lowest BCUT2D eigenvalue weighted by Gasteiger charge is -2.36. The molecule has 6 heteroatoms. The van der Waals surface area contributed by atoms with Gasteiger partial charge in [-0.05, 0) is 20.8 Å². The molecule has 1 rings (SSSR count). The van der Waals surface area contributed by atoms with Crippen LogP contribution in [0.4, 0.5) is 4.79 Å². The molecule has 1 unspecified atom stereocenters. The minimum atomic E-state index is -1.33. The zero-order valence-corrected chi connectivity index (χ0v) is 9.69. The number of hydrogen-bond donors (Lipinski definition) is 0. The van der Waals surface area contributed by atoms with Gasteiger partial charge in [0.25, 0.3) is 0 Å². The van der Waals surface area contributed by atoms with E-state index in [4.69, 9.17) is 9.47 Å². The third-order valence-corrected chi connectivity index (χ3v) is 2.03. The predicted molar refractivity (Wildman–Crippen MR) is 52.6 cm³/mol. The molecule has 1 aliphatic heterocycles. The number of nitrogens with zero attached hydrogens (tertiary/aromatic N) is 1. The summed E-state index contributed by atoms with van der Waals surface area (Å²) in [6.45, 7) is 5.62. The number of carbonyl (C=O) groups is 2. The Balaban J connectivity index is 2.68. The summed E-state index contributed by atoms with van der Waals surface area (Å²) in [5.41, 5.74) is -0.647. The van der Waals surface area contributed by atoms with Crippen LogP contribution in [0.5, 0.6) is 0 Å². The van der Waals surface area contributed by atoms with Crippen LogP contribution < -0.4 is 5.11 Å². The lowest BCUT2D eigenvalue weighted by Crippen LogP contribution is -2.57. The van der Waals surface area contributed by atoms with E-state index in [1.54, 1.807) is 20.8 Å². The molecule has 1 saturated heterocycles. The van der Waals surface area contributed by atoms with Crippen LogP contribution in [0.1, 0.15) is 20.8 Å². The van der Waals surface area contributed by atoms with Crippen molar-refractivity contribution in [2.45, 2.75) is 32.4 Å². The Kier molecular flexibility index (Phi) is 3.74. The van der Waals surface area contributed by atoms with Crippen molar-refractivity contribution in [2.75, 3.05) is 19.8 Å². The minimum Gasteiger partial charge on any atom is -0.548 e. The van der Waals surface area contributed by atoms with E-state index in [2.05, 4.69) is 0 Å². The molecule has 0 aromatic carbocycles. The summed E-state index contributed by atoms with van der Waals surface area (Å²) >= 11 is 0. The summed E-state index contributed by atoms with van der Waals surface area (Å²) in [6, 6.07) is -1.07. The second-order valence-electron chi connectivity index (χ2n) is 4.58. The second-order valence-corrected chi connectivity index (χ2v) is 4.58. The Morgan fingerprint density at radius 2 is 2.06 bits per heavy atom. The fourth-order valence-electron chi connectivity index (χ4n) is 1.34. The maximum Gasteiger partial charge on any atom is 0.411 e. The van der Waals surface area contributed by atoms with Gasteiger partial charge in [0, 0.05) is 6.54 Å². The van der Waals surface area contributed by atoms with Gasteiger partial charge in [0.2, 0.25) is 0 Å². The number of amides is 1. The molecule has 0 aliphatic carbocycles. The van der Waals surface area contributed by atoms with Gasteiger partial charge in [0.1, 0.15) is 5.60 Å². The standard InChI is InChI=1S/C10H17NO5/c1-10(2,3)16-9(14)11-4-5-15-6-7(11)8(12)13/h7H,4-6H2,1-3H3,(H,12,13)/p-1. The van der Waals surface area contributed by atoms with Crippen LogP contribution in [0.15, 0.2) is 0 Å². The Labute approximate surface area is 94.1 Å². The van der Waals surface area contributed by atoms with Crippen LogP contribution in [0.2, 0.25) is 0 Å². The van der Waals surface area contributed by atoms with E-state index >= 15 is 0 Å². The highest BCUT2D eigenvalue weighted by Crippen LogP contribution is 2.14. The highest BCUT2D eigenvalue weighted by atomic mass is 16.6. The Morgan fingerprint density at radius 3 is 2.56 bits per heavy atom. The van der Waals surface area contributed by atoms with E-state index in [9.17, 15) is 14.7 Å². The van der Waals surface area contributed by atoms with Gasteiger partial charge >= 0.3 is 6.09 Å². The minimum absolute atomic E-state index is 0.0540. The number of carbonyl (C=O) groups excluding carboxylic acids is 2. The van der Waals surface area contributed by atoms with Crippen molar-refractivity contribution in [3.05, 3.63) is 0 Å². The van der Waals surface area contributed by atoms with Crippen molar-refractivity contribution < 1.29 is 24.2 Å². The average molecular weight is 230 g/mol. The number of ether oxygens (including phenoxy) is 2. The number of hydrogen-bond acceptors (Lipinski definition) is 5. The molecule has 0 aromatic heterocycles. The Morgan fingerprint density at radius 1 is 1.44 bits per heavy atom. The van der Waals surface area contributed by atoms with E-state index < -0.39 is 23.7 Å². The number of carboxylic acids is 1. The van der Waals surface area contributed by atoms with Crippen LogP contribution in [-0.2, 0) is 14.3 Å². The predicted octanol–water partition coefficient (Wildman–Crippen LogP) is -0.628. The first kappa shape index (κ1) is 12.8. The van der Waals surface area contributed by atoms with E-state index in [0.717, 1.165) is 4.90 Å². The van der Waals surface area contributed by atoms with Gasteiger partial charge in [0.05, 0.1) is 25.2 Å². The maximum atomic E-state index is 11.7. The van der Waals surface area contributed by atoms with E-state index in [-0.39, 0.29) is 13.2 Å². The van der Waals surface area contributed by atoms with Crippen LogP contribution in [0.25, 0.3) is 0 Å². The summed E-state index contributed by atoms with van der Waals surface area (Å²) in [5.74, 6) is -1.33. The molecular formula is C10H16NO5-. The van der Waals surface area contributed by atoms with Gasteiger partial charge in [-0.3, -0.25) is 4.90 Å². The second kappa shape index (κ2) is 4.69. The zero-order chi connectivity index (χ0) is 12.3. The molecule has 1 heterocycles. The third kappa shape index (κ3) is 3.37. The number of rotatable bonds is 1. The van der Waals surface area contributed by atoms with Crippen molar-refractivity contribution in [1.82, 2.24) is 4.90 Å². The van der Waals surface area contributed by atoms with Gasteiger partial charge in [-0.25, -0.2) is 4.79 Å². The first-order chi connectivity index (χ1) is 7.31. The van der Waals surface area contributed by atoms with Crippen LogP contribution in [-0.4, -0.2) is 48.4 Å². The average Bonchev–Trinajstić information content (AvgIpc) is 2.15. The Hall–Kier alpha value is -1.30.